The number of benzene rings is 2. The third kappa shape index (κ3) is 2.06. The van der Waals surface area contributed by atoms with Gasteiger partial charge in [0.25, 0.3) is 0 Å². The maximum absolute atomic E-state index is 13.8. The van der Waals surface area contributed by atoms with Gasteiger partial charge in [0, 0.05) is 15.4 Å². The molecule has 0 saturated heterocycles. The topological polar surface area (TPSA) is 30.2 Å². The molecule has 0 fully saturated rings. The van der Waals surface area contributed by atoms with Crippen molar-refractivity contribution >= 4 is 32.7 Å². The van der Waals surface area contributed by atoms with E-state index >= 15 is 0 Å². The number of aryl methyl sites for hydroxylation is 1. The Hall–Kier alpha value is -1.94. The first-order chi connectivity index (χ1) is 9.58. The van der Waals surface area contributed by atoms with Crippen molar-refractivity contribution < 1.29 is 13.6 Å². The number of para-hydroxylation sites is 1. The second-order valence-electron chi connectivity index (χ2n) is 4.51. The number of ketones is 1. The SMILES string of the molecule is Cc1c(C(=O)c2cc(Br)ccc2F)oc2ccccc12. The highest BCUT2D eigenvalue weighted by atomic mass is 79.9. The van der Waals surface area contributed by atoms with Crippen LogP contribution in [0.3, 0.4) is 0 Å². The van der Waals surface area contributed by atoms with Crippen molar-refractivity contribution in [3.8, 4) is 0 Å². The lowest BCUT2D eigenvalue weighted by Crippen LogP contribution is -2.04. The van der Waals surface area contributed by atoms with E-state index < -0.39 is 11.6 Å². The van der Waals surface area contributed by atoms with E-state index in [0.29, 0.717) is 10.1 Å². The molecule has 100 valence electrons. The average Bonchev–Trinajstić information content (AvgIpc) is 2.79. The summed E-state index contributed by atoms with van der Waals surface area (Å²) in [5.74, 6) is -0.821. The normalized spacial score (nSPS) is 10.9. The van der Waals surface area contributed by atoms with E-state index in [4.69, 9.17) is 4.42 Å². The van der Waals surface area contributed by atoms with Crippen LogP contribution in [-0.4, -0.2) is 5.78 Å². The van der Waals surface area contributed by atoms with E-state index in [-0.39, 0.29) is 11.3 Å². The van der Waals surface area contributed by atoms with Crippen molar-refractivity contribution in [2.75, 3.05) is 0 Å². The van der Waals surface area contributed by atoms with E-state index in [0.717, 1.165) is 10.9 Å². The molecule has 4 heteroatoms. The van der Waals surface area contributed by atoms with Crippen molar-refractivity contribution in [3.63, 3.8) is 0 Å². The fraction of sp³-hybridized carbons (Fsp3) is 0.0625. The molecule has 0 saturated carbocycles. The zero-order valence-electron chi connectivity index (χ0n) is 10.6. The second kappa shape index (κ2) is 4.87. The number of rotatable bonds is 2. The molecule has 1 heterocycles. The lowest BCUT2D eigenvalue weighted by atomic mass is 10.0. The number of halogens is 2. The van der Waals surface area contributed by atoms with Gasteiger partial charge in [-0.05, 0) is 31.2 Å². The highest BCUT2D eigenvalue weighted by Crippen LogP contribution is 2.28. The first kappa shape index (κ1) is 13.1. The van der Waals surface area contributed by atoms with Gasteiger partial charge in [0.1, 0.15) is 11.4 Å². The van der Waals surface area contributed by atoms with Crippen LogP contribution in [0.15, 0.2) is 51.4 Å². The Kier molecular flexibility index (Phi) is 3.18. The summed E-state index contributed by atoms with van der Waals surface area (Å²) in [4.78, 5) is 12.5. The van der Waals surface area contributed by atoms with Gasteiger partial charge >= 0.3 is 0 Å². The molecule has 0 atom stereocenters. The quantitative estimate of drug-likeness (QED) is 0.626. The van der Waals surface area contributed by atoms with Crippen molar-refractivity contribution in [2.45, 2.75) is 6.92 Å². The predicted molar refractivity (Wildman–Crippen MR) is 78.5 cm³/mol. The van der Waals surface area contributed by atoms with E-state index in [9.17, 15) is 9.18 Å². The Bertz CT molecular complexity index is 820. The summed E-state index contributed by atoms with van der Waals surface area (Å²) >= 11 is 3.24. The Morgan fingerprint density at radius 1 is 1.20 bits per heavy atom. The molecule has 3 rings (SSSR count). The molecule has 20 heavy (non-hydrogen) atoms. The fourth-order valence-electron chi connectivity index (χ4n) is 2.18. The van der Waals surface area contributed by atoms with E-state index in [1.807, 2.05) is 18.2 Å². The monoisotopic (exact) mass is 332 g/mol. The van der Waals surface area contributed by atoms with Gasteiger partial charge in [0.15, 0.2) is 5.76 Å². The molecule has 2 nitrogen and oxygen atoms in total. The second-order valence-corrected chi connectivity index (χ2v) is 5.42. The van der Waals surface area contributed by atoms with Crippen LogP contribution < -0.4 is 0 Å². The minimum Gasteiger partial charge on any atom is -0.452 e. The summed E-state index contributed by atoms with van der Waals surface area (Å²) in [6.07, 6.45) is 0. The van der Waals surface area contributed by atoms with E-state index in [1.165, 1.54) is 12.1 Å². The van der Waals surface area contributed by atoms with Crippen LogP contribution in [-0.2, 0) is 0 Å². The minimum absolute atomic E-state index is 0.00142. The molecule has 1 aromatic heterocycles. The number of hydrogen-bond acceptors (Lipinski definition) is 2. The van der Waals surface area contributed by atoms with E-state index in [1.54, 1.807) is 19.1 Å². The van der Waals surface area contributed by atoms with Crippen LogP contribution in [0.4, 0.5) is 4.39 Å². The molecule has 0 aliphatic rings. The molecule has 0 bridgehead atoms. The average molecular weight is 333 g/mol. The number of furan rings is 1. The van der Waals surface area contributed by atoms with Crippen LogP contribution in [0.1, 0.15) is 21.7 Å². The molecule has 0 spiro atoms. The molecular formula is C16H10BrFO2. The molecule has 0 radical (unpaired) electrons. The van der Waals surface area contributed by atoms with Gasteiger partial charge < -0.3 is 4.42 Å². The number of hydrogen-bond donors (Lipinski definition) is 0. The largest absolute Gasteiger partial charge is 0.452 e. The van der Waals surface area contributed by atoms with Gasteiger partial charge in [0.05, 0.1) is 5.56 Å². The summed E-state index contributed by atoms with van der Waals surface area (Å²) in [5, 5.41) is 0.867. The van der Waals surface area contributed by atoms with Crippen molar-refractivity contribution in [1.82, 2.24) is 0 Å². The first-order valence-electron chi connectivity index (χ1n) is 6.06. The third-order valence-electron chi connectivity index (χ3n) is 3.22. The molecule has 2 aromatic carbocycles. The minimum atomic E-state index is -0.557. The van der Waals surface area contributed by atoms with Crippen LogP contribution >= 0.6 is 15.9 Å². The lowest BCUT2D eigenvalue weighted by Gasteiger charge is -2.02. The van der Waals surface area contributed by atoms with Crippen LogP contribution in [0, 0.1) is 12.7 Å². The zero-order valence-corrected chi connectivity index (χ0v) is 12.2. The summed E-state index contributed by atoms with van der Waals surface area (Å²) in [6.45, 7) is 1.80. The van der Waals surface area contributed by atoms with Gasteiger partial charge in [0.2, 0.25) is 5.78 Å². The molecule has 0 amide bonds. The Labute approximate surface area is 123 Å². The standard InChI is InChI=1S/C16H10BrFO2/c1-9-11-4-2-3-5-14(11)20-16(9)15(19)12-8-10(17)6-7-13(12)18/h2-8H,1H3. The smallest absolute Gasteiger partial charge is 0.231 e. The van der Waals surface area contributed by atoms with Gasteiger partial charge in [-0.3, -0.25) is 4.79 Å². The molecule has 0 N–H and O–H groups in total. The molecule has 0 aliphatic carbocycles. The first-order valence-corrected chi connectivity index (χ1v) is 6.85. The summed E-state index contributed by atoms with van der Waals surface area (Å²) in [6, 6.07) is 11.6. The number of carbonyl (C=O) groups is 1. The Balaban J connectivity index is 2.17. The van der Waals surface area contributed by atoms with Crippen molar-refractivity contribution in [3.05, 3.63) is 69.6 Å². The molecule has 3 aromatic rings. The number of carbonyl (C=O) groups excluding carboxylic acids is 1. The van der Waals surface area contributed by atoms with Gasteiger partial charge in [-0.2, -0.15) is 0 Å². The Morgan fingerprint density at radius 2 is 1.95 bits per heavy atom. The molecule has 0 aliphatic heterocycles. The van der Waals surface area contributed by atoms with Crippen LogP contribution in [0.2, 0.25) is 0 Å². The summed E-state index contributed by atoms with van der Waals surface area (Å²) in [5.41, 5.74) is 1.36. The van der Waals surface area contributed by atoms with Crippen LogP contribution in [0.5, 0.6) is 0 Å². The van der Waals surface area contributed by atoms with Crippen molar-refractivity contribution in [2.24, 2.45) is 0 Å². The molecular weight excluding hydrogens is 323 g/mol. The number of fused-ring (bicyclic) bond motifs is 1. The fourth-order valence-corrected chi connectivity index (χ4v) is 2.55. The third-order valence-corrected chi connectivity index (χ3v) is 3.72. The zero-order chi connectivity index (χ0) is 14.3. The Morgan fingerprint density at radius 3 is 2.70 bits per heavy atom. The van der Waals surface area contributed by atoms with Gasteiger partial charge in [-0.15, -0.1) is 0 Å². The van der Waals surface area contributed by atoms with Crippen molar-refractivity contribution in [1.29, 1.82) is 0 Å². The summed E-state index contributed by atoms with van der Waals surface area (Å²) < 4.78 is 20.0. The maximum atomic E-state index is 13.8. The highest BCUT2D eigenvalue weighted by Gasteiger charge is 2.21. The maximum Gasteiger partial charge on any atom is 0.231 e. The van der Waals surface area contributed by atoms with E-state index in [2.05, 4.69) is 15.9 Å². The van der Waals surface area contributed by atoms with Gasteiger partial charge in [-0.25, -0.2) is 4.39 Å². The van der Waals surface area contributed by atoms with Crippen LogP contribution in [0.25, 0.3) is 11.0 Å². The van der Waals surface area contributed by atoms with Gasteiger partial charge in [-0.1, -0.05) is 34.1 Å². The lowest BCUT2D eigenvalue weighted by molar-refractivity contribution is 0.101. The highest BCUT2D eigenvalue weighted by molar-refractivity contribution is 9.10. The molecule has 0 unspecified atom stereocenters. The summed E-state index contributed by atoms with van der Waals surface area (Å²) in [7, 11) is 0. The predicted octanol–water partition coefficient (Wildman–Crippen LogP) is 4.87.